The highest BCUT2D eigenvalue weighted by Crippen LogP contribution is 2.15. The van der Waals surface area contributed by atoms with Crippen LogP contribution in [0.25, 0.3) is 0 Å². The molecule has 1 fully saturated rings. The van der Waals surface area contributed by atoms with Gasteiger partial charge >= 0.3 is 0 Å². The summed E-state index contributed by atoms with van der Waals surface area (Å²) in [4.78, 5) is 28.0. The maximum Gasteiger partial charge on any atom is 0.238 e. The Bertz CT molecular complexity index is 540. The van der Waals surface area contributed by atoms with Crippen LogP contribution in [0.2, 0.25) is 0 Å². The number of carbonyl (C=O) groups excluding carboxylic acids is 2. The predicted molar refractivity (Wildman–Crippen MR) is 90.6 cm³/mol. The summed E-state index contributed by atoms with van der Waals surface area (Å²) >= 11 is 3.38. The van der Waals surface area contributed by atoms with Gasteiger partial charge in [0.2, 0.25) is 11.8 Å². The maximum atomic E-state index is 12.1. The molecule has 0 aliphatic carbocycles. The molecule has 0 radical (unpaired) electrons. The van der Waals surface area contributed by atoms with Gasteiger partial charge in [-0.15, -0.1) is 0 Å². The Kier molecular flexibility index (Phi) is 5.97. The molecule has 0 unspecified atom stereocenters. The molecule has 0 aromatic heterocycles. The van der Waals surface area contributed by atoms with Gasteiger partial charge in [0, 0.05) is 42.3 Å². The van der Waals surface area contributed by atoms with Gasteiger partial charge in [0.05, 0.1) is 6.54 Å². The van der Waals surface area contributed by atoms with Gasteiger partial charge in [0.25, 0.3) is 0 Å². The minimum atomic E-state index is -0.0262. The number of amides is 2. The highest BCUT2D eigenvalue weighted by Gasteiger charge is 2.23. The first-order valence-corrected chi connectivity index (χ1v) is 8.31. The average molecular weight is 368 g/mol. The van der Waals surface area contributed by atoms with Gasteiger partial charge in [0.15, 0.2) is 0 Å². The number of nitrogens with zero attached hydrogens (tertiary/aromatic N) is 2. The predicted octanol–water partition coefficient (Wildman–Crippen LogP) is 2.19. The zero-order chi connectivity index (χ0) is 16.1. The summed E-state index contributed by atoms with van der Waals surface area (Å²) in [6.07, 6.45) is 0. The molecular formula is C16H22BrN3O2. The summed E-state index contributed by atoms with van der Waals surface area (Å²) in [5, 5.41) is 2.89. The van der Waals surface area contributed by atoms with Gasteiger partial charge < -0.3 is 10.2 Å². The number of rotatable bonds is 4. The lowest BCUT2D eigenvalue weighted by Gasteiger charge is -2.35. The Morgan fingerprint density at radius 2 is 1.91 bits per heavy atom. The molecule has 2 rings (SSSR count). The summed E-state index contributed by atoms with van der Waals surface area (Å²) in [5.74, 6) is 0.200. The van der Waals surface area contributed by atoms with Crippen molar-refractivity contribution in [1.82, 2.24) is 9.80 Å². The molecule has 6 heteroatoms. The summed E-state index contributed by atoms with van der Waals surface area (Å²) in [5.41, 5.74) is 0.785. The molecule has 5 nitrogen and oxygen atoms in total. The third kappa shape index (κ3) is 4.81. The SMILES string of the molecule is CC(C)C(=O)N1CCN(CC(=O)Nc2cccc(Br)c2)CC1. The zero-order valence-corrected chi connectivity index (χ0v) is 14.6. The second-order valence-electron chi connectivity index (χ2n) is 5.81. The lowest BCUT2D eigenvalue weighted by molar-refractivity contribution is -0.136. The Morgan fingerprint density at radius 3 is 2.50 bits per heavy atom. The Morgan fingerprint density at radius 1 is 1.23 bits per heavy atom. The van der Waals surface area contributed by atoms with Crippen molar-refractivity contribution in [2.24, 2.45) is 5.92 Å². The first-order valence-electron chi connectivity index (χ1n) is 7.52. The fraction of sp³-hybridized carbons (Fsp3) is 0.500. The fourth-order valence-electron chi connectivity index (χ4n) is 2.46. The van der Waals surface area contributed by atoms with E-state index in [-0.39, 0.29) is 17.7 Å². The zero-order valence-electron chi connectivity index (χ0n) is 13.0. The summed E-state index contributed by atoms with van der Waals surface area (Å²) in [6, 6.07) is 7.54. The number of nitrogens with one attached hydrogen (secondary N) is 1. The van der Waals surface area contributed by atoms with Crippen molar-refractivity contribution in [2.45, 2.75) is 13.8 Å². The molecule has 1 aliphatic rings. The van der Waals surface area contributed by atoms with Crippen molar-refractivity contribution in [3.63, 3.8) is 0 Å². The maximum absolute atomic E-state index is 12.1. The topological polar surface area (TPSA) is 52.7 Å². The van der Waals surface area contributed by atoms with E-state index in [0.29, 0.717) is 19.6 Å². The fourth-order valence-corrected chi connectivity index (χ4v) is 2.86. The standard InChI is InChI=1S/C16H22BrN3O2/c1-12(2)16(22)20-8-6-19(7-9-20)11-15(21)18-14-5-3-4-13(17)10-14/h3-5,10,12H,6-9,11H2,1-2H3,(H,18,21). The van der Waals surface area contributed by atoms with Crippen LogP contribution in [0.1, 0.15) is 13.8 Å². The number of piperazine rings is 1. The van der Waals surface area contributed by atoms with E-state index in [2.05, 4.69) is 26.1 Å². The van der Waals surface area contributed by atoms with Crippen LogP contribution in [0.4, 0.5) is 5.69 Å². The summed E-state index contributed by atoms with van der Waals surface area (Å²) in [7, 11) is 0. The van der Waals surface area contributed by atoms with E-state index in [4.69, 9.17) is 0 Å². The quantitative estimate of drug-likeness (QED) is 0.887. The van der Waals surface area contributed by atoms with Gasteiger partial charge in [0.1, 0.15) is 0 Å². The molecule has 0 bridgehead atoms. The summed E-state index contributed by atoms with van der Waals surface area (Å²) < 4.78 is 0.936. The van der Waals surface area contributed by atoms with Crippen LogP contribution in [-0.4, -0.2) is 54.3 Å². The van der Waals surface area contributed by atoms with Gasteiger partial charge in [-0.2, -0.15) is 0 Å². The molecule has 2 amide bonds. The molecule has 1 aromatic carbocycles. The molecule has 1 heterocycles. The number of hydrogen-bond acceptors (Lipinski definition) is 3. The van der Waals surface area contributed by atoms with Crippen molar-refractivity contribution in [3.8, 4) is 0 Å². The number of hydrogen-bond donors (Lipinski definition) is 1. The Hall–Kier alpha value is -1.40. The summed E-state index contributed by atoms with van der Waals surface area (Å²) in [6.45, 7) is 7.06. The van der Waals surface area contributed by atoms with Crippen LogP contribution in [0.5, 0.6) is 0 Å². The first-order chi connectivity index (χ1) is 10.5. The van der Waals surface area contributed by atoms with E-state index in [1.807, 2.05) is 43.0 Å². The monoisotopic (exact) mass is 367 g/mol. The Labute approximate surface area is 139 Å². The number of carbonyl (C=O) groups is 2. The molecule has 0 spiro atoms. The molecule has 0 saturated carbocycles. The number of anilines is 1. The highest BCUT2D eigenvalue weighted by molar-refractivity contribution is 9.10. The largest absolute Gasteiger partial charge is 0.340 e. The molecular weight excluding hydrogens is 346 g/mol. The van der Waals surface area contributed by atoms with E-state index in [9.17, 15) is 9.59 Å². The normalized spacial score (nSPS) is 15.9. The van der Waals surface area contributed by atoms with Crippen LogP contribution >= 0.6 is 15.9 Å². The van der Waals surface area contributed by atoms with E-state index < -0.39 is 0 Å². The molecule has 1 aromatic rings. The first kappa shape index (κ1) is 17.0. The van der Waals surface area contributed by atoms with Crippen LogP contribution in [0, 0.1) is 5.92 Å². The van der Waals surface area contributed by atoms with E-state index in [0.717, 1.165) is 23.2 Å². The lowest BCUT2D eigenvalue weighted by atomic mass is 10.1. The lowest BCUT2D eigenvalue weighted by Crippen LogP contribution is -2.51. The van der Waals surface area contributed by atoms with E-state index in [1.165, 1.54) is 0 Å². The molecule has 0 atom stereocenters. The minimum Gasteiger partial charge on any atom is -0.340 e. The van der Waals surface area contributed by atoms with Crippen molar-refractivity contribution in [3.05, 3.63) is 28.7 Å². The molecule has 120 valence electrons. The van der Waals surface area contributed by atoms with Crippen LogP contribution in [0.3, 0.4) is 0 Å². The second kappa shape index (κ2) is 7.74. The minimum absolute atomic E-state index is 0.0262. The number of benzene rings is 1. The highest BCUT2D eigenvalue weighted by atomic mass is 79.9. The average Bonchev–Trinajstić information content (AvgIpc) is 2.47. The van der Waals surface area contributed by atoms with E-state index >= 15 is 0 Å². The molecule has 22 heavy (non-hydrogen) atoms. The van der Waals surface area contributed by atoms with Crippen LogP contribution in [0.15, 0.2) is 28.7 Å². The van der Waals surface area contributed by atoms with Gasteiger partial charge in [-0.25, -0.2) is 0 Å². The molecule has 1 aliphatic heterocycles. The molecule has 1 N–H and O–H groups in total. The van der Waals surface area contributed by atoms with Crippen molar-refractivity contribution < 1.29 is 9.59 Å². The van der Waals surface area contributed by atoms with Crippen LogP contribution in [-0.2, 0) is 9.59 Å². The third-order valence-corrected chi connectivity index (χ3v) is 4.15. The second-order valence-corrected chi connectivity index (χ2v) is 6.73. The van der Waals surface area contributed by atoms with Gasteiger partial charge in [-0.3, -0.25) is 14.5 Å². The van der Waals surface area contributed by atoms with E-state index in [1.54, 1.807) is 0 Å². The van der Waals surface area contributed by atoms with Crippen molar-refractivity contribution >= 4 is 33.4 Å². The number of halogens is 1. The van der Waals surface area contributed by atoms with Crippen molar-refractivity contribution in [2.75, 3.05) is 38.0 Å². The third-order valence-electron chi connectivity index (χ3n) is 3.65. The molecule has 1 saturated heterocycles. The van der Waals surface area contributed by atoms with Crippen molar-refractivity contribution in [1.29, 1.82) is 0 Å². The van der Waals surface area contributed by atoms with Gasteiger partial charge in [-0.05, 0) is 18.2 Å². The van der Waals surface area contributed by atoms with Crippen LogP contribution < -0.4 is 5.32 Å². The van der Waals surface area contributed by atoms with Gasteiger partial charge in [-0.1, -0.05) is 35.8 Å². The Balaban J connectivity index is 1.78. The smallest absolute Gasteiger partial charge is 0.238 e.